The first-order chi connectivity index (χ1) is 9.18. The van der Waals surface area contributed by atoms with Crippen molar-refractivity contribution in [2.24, 2.45) is 0 Å². The fraction of sp³-hybridized carbons (Fsp3) is 0.429. The maximum absolute atomic E-state index is 12.1. The lowest BCUT2D eigenvalue weighted by atomic mass is 10.1. The van der Waals surface area contributed by atoms with E-state index in [9.17, 15) is 9.59 Å². The number of ketones is 1. The Morgan fingerprint density at radius 3 is 2.89 bits per heavy atom. The first kappa shape index (κ1) is 12.8. The van der Waals surface area contributed by atoms with Crippen molar-refractivity contribution in [1.82, 2.24) is 0 Å². The molecule has 0 radical (unpaired) electrons. The molecule has 0 saturated carbocycles. The van der Waals surface area contributed by atoms with Crippen LogP contribution in [0.2, 0.25) is 0 Å². The summed E-state index contributed by atoms with van der Waals surface area (Å²) in [6.45, 7) is 1.20. The summed E-state index contributed by atoms with van der Waals surface area (Å²) in [5, 5.41) is 0. The highest BCUT2D eigenvalue weighted by atomic mass is 79.9. The summed E-state index contributed by atoms with van der Waals surface area (Å²) in [6.07, 6.45) is 3.16. The second kappa shape index (κ2) is 5.06. The number of carbonyl (C=O) groups is 2. The average Bonchev–Trinajstić information content (AvgIpc) is 2.67. The summed E-state index contributed by atoms with van der Waals surface area (Å²) in [5.41, 5.74) is 1.17. The van der Waals surface area contributed by atoms with Gasteiger partial charge in [0.1, 0.15) is 0 Å². The van der Waals surface area contributed by atoms with Crippen LogP contribution in [0.5, 0.6) is 0 Å². The summed E-state index contributed by atoms with van der Waals surface area (Å²) in [5.74, 6) is -0.872. The second-order valence-electron chi connectivity index (χ2n) is 4.87. The zero-order valence-corrected chi connectivity index (χ0v) is 12.0. The molecule has 2 aliphatic heterocycles. The summed E-state index contributed by atoms with van der Waals surface area (Å²) in [7, 11) is 0. The van der Waals surface area contributed by atoms with Crippen LogP contribution in [0.25, 0.3) is 0 Å². The van der Waals surface area contributed by atoms with Crippen LogP contribution in [0, 0.1) is 0 Å². The van der Waals surface area contributed by atoms with Gasteiger partial charge in [0, 0.05) is 11.1 Å². The highest BCUT2D eigenvalue weighted by Crippen LogP contribution is 2.36. The molecule has 0 spiro atoms. The van der Waals surface area contributed by atoms with Gasteiger partial charge in [0.2, 0.25) is 0 Å². The van der Waals surface area contributed by atoms with Crippen molar-refractivity contribution < 1.29 is 14.3 Å². The number of amides is 1. The van der Waals surface area contributed by atoms with E-state index in [2.05, 4.69) is 15.9 Å². The number of anilines is 1. The van der Waals surface area contributed by atoms with Gasteiger partial charge in [-0.05, 0) is 47.3 Å². The van der Waals surface area contributed by atoms with E-state index in [1.807, 2.05) is 6.07 Å². The fourth-order valence-corrected chi connectivity index (χ4v) is 3.22. The van der Waals surface area contributed by atoms with Gasteiger partial charge in [-0.3, -0.25) is 9.59 Å². The topological polar surface area (TPSA) is 46.6 Å². The van der Waals surface area contributed by atoms with Gasteiger partial charge in [0.05, 0.1) is 23.9 Å². The molecule has 1 aromatic carbocycles. The number of fused-ring (bicyclic) bond motifs is 1. The number of halogens is 1. The highest BCUT2D eigenvalue weighted by Gasteiger charge is 2.38. The Bertz CT molecular complexity index is 537. The predicted molar refractivity (Wildman–Crippen MR) is 74.4 cm³/mol. The molecule has 0 aliphatic carbocycles. The van der Waals surface area contributed by atoms with Gasteiger partial charge in [0.15, 0.2) is 0 Å². The molecule has 2 aliphatic rings. The van der Waals surface area contributed by atoms with Crippen LogP contribution >= 0.6 is 15.9 Å². The maximum Gasteiger partial charge on any atom is 0.299 e. The minimum atomic E-state index is -0.448. The zero-order chi connectivity index (χ0) is 13.4. The minimum Gasteiger partial charge on any atom is -0.376 e. The summed E-state index contributed by atoms with van der Waals surface area (Å²) < 4.78 is 6.44. The van der Waals surface area contributed by atoms with E-state index in [4.69, 9.17) is 4.74 Å². The van der Waals surface area contributed by atoms with Crippen LogP contribution in [0.15, 0.2) is 22.7 Å². The van der Waals surface area contributed by atoms with Gasteiger partial charge in [-0.15, -0.1) is 0 Å². The monoisotopic (exact) mass is 323 g/mol. The minimum absolute atomic E-state index is 0.0311. The summed E-state index contributed by atoms with van der Waals surface area (Å²) >= 11 is 3.42. The normalized spacial score (nSPS) is 22.8. The van der Waals surface area contributed by atoms with Crippen molar-refractivity contribution in [2.45, 2.75) is 25.4 Å². The number of ether oxygens (including phenoxy) is 1. The van der Waals surface area contributed by atoms with Crippen molar-refractivity contribution in [3.05, 3.63) is 28.2 Å². The van der Waals surface area contributed by atoms with Crippen LogP contribution in [0.1, 0.15) is 29.6 Å². The molecule has 0 aromatic heterocycles. The van der Waals surface area contributed by atoms with Gasteiger partial charge in [0.25, 0.3) is 11.7 Å². The van der Waals surface area contributed by atoms with Crippen molar-refractivity contribution >= 4 is 33.3 Å². The Labute approximate surface area is 119 Å². The average molecular weight is 324 g/mol. The van der Waals surface area contributed by atoms with Gasteiger partial charge in [-0.25, -0.2) is 0 Å². The third kappa shape index (κ3) is 2.21. The lowest BCUT2D eigenvalue weighted by Gasteiger charge is -2.27. The Kier molecular flexibility index (Phi) is 3.41. The van der Waals surface area contributed by atoms with E-state index in [0.717, 1.165) is 30.3 Å². The van der Waals surface area contributed by atoms with Gasteiger partial charge >= 0.3 is 0 Å². The van der Waals surface area contributed by atoms with E-state index in [0.29, 0.717) is 17.8 Å². The molecule has 2 heterocycles. The number of carbonyl (C=O) groups excluding carboxylic acids is 2. The Hall–Kier alpha value is -1.20. The van der Waals surface area contributed by atoms with Gasteiger partial charge in [-0.2, -0.15) is 0 Å². The zero-order valence-electron chi connectivity index (χ0n) is 10.4. The standard InChI is InChI=1S/C14H14BrNO3/c15-11-6-3-5-10-12(11)16(14(18)13(10)17)8-9-4-1-2-7-19-9/h3,5-6,9H,1-2,4,7-8H2. The van der Waals surface area contributed by atoms with E-state index >= 15 is 0 Å². The van der Waals surface area contributed by atoms with Gasteiger partial charge < -0.3 is 9.64 Å². The number of hydrogen-bond acceptors (Lipinski definition) is 3. The molecule has 0 bridgehead atoms. The van der Waals surface area contributed by atoms with Crippen LogP contribution < -0.4 is 4.90 Å². The number of Topliss-reactive ketones (excluding diaryl/α,β-unsaturated/α-hetero) is 1. The smallest absolute Gasteiger partial charge is 0.299 e. The molecule has 1 saturated heterocycles. The molecule has 1 fully saturated rings. The molecule has 0 N–H and O–H groups in total. The molecule has 1 unspecified atom stereocenters. The Morgan fingerprint density at radius 2 is 2.16 bits per heavy atom. The fourth-order valence-electron chi connectivity index (χ4n) is 2.64. The number of para-hydroxylation sites is 1. The molecular formula is C14H14BrNO3. The maximum atomic E-state index is 12.1. The molecule has 100 valence electrons. The number of hydrogen-bond donors (Lipinski definition) is 0. The molecular weight excluding hydrogens is 310 g/mol. The van der Waals surface area contributed by atoms with Crippen LogP contribution in [0.4, 0.5) is 5.69 Å². The third-order valence-electron chi connectivity index (χ3n) is 3.60. The number of rotatable bonds is 2. The highest BCUT2D eigenvalue weighted by molar-refractivity contribution is 9.10. The van der Waals surface area contributed by atoms with E-state index < -0.39 is 11.7 Å². The SMILES string of the molecule is O=C1C(=O)N(CC2CCCCO2)c2c(Br)cccc21. The van der Waals surface area contributed by atoms with Crippen LogP contribution in [-0.4, -0.2) is 30.9 Å². The lowest BCUT2D eigenvalue weighted by molar-refractivity contribution is -0.114. The predicted octanol–water partition coefficient (Wildman–Crippen LogP) is 2.55. The van der Waals surface area contributed by atoms with E-state index in [1.165, 1.54) is 0 Å². The van der Waals surface area contributed by atoms with Crippen molar-refractivity contribution in [2.75, 3.05) is 18.1 Å². The molecule has 3 rings (SSSR count). The Morgan fingerprint density at radius 1 is 1.32 bits per heavy atom. The quantitative estimate of drug-likeness (QED) is 0.786. The second-order valence-corrected chi connectivity index (χ2v) is 5.72. The molecule has 4 nitrogen and oxygen atoms in total. The summed E-state index contributed by atoms with van der Waals surface area (Å²) in [6, 6.07) is 5.32. The summed E-state index contributed by atoms with van der Waals surface area (Å²) in [4.78, 5) is 25.6. The van der Waals surface area contributed by atoms with E-state index in [-0.39, 0.29) is 6.10 Å². The molecule has 1 amide bonds. The number of nitrogens with zero attached hydrogens (tertiary/aromatic N) is 1. The largest absolute Gasteiger partial charge is 0.376 e. The third-order valence-corrected chi connectivity index (χ3v) is 4.24. The van der Waals surface area contributed by atoms with E-state index in [1.54, 1.807) is 17.0 Å². The molecule has 1 aromatic rings. The van der Waals surface area contributed by atoms with Crippen molar-refractivity contribution in [3.63, 3.8) is 0 Å². The van der Waals surface area contributed by atoms with Crippen LogP contribution in [-0.2, 0) is 9.53 Å². The van der Waals surface area contributed by atoms with Gasteiger partial charge in [-0.1, -0.05) is 6.07 Å². The molecule has 5 heteroatoms. The Balaban J connectivity index is 1.90. The van der Waals surface area contributed by atoms with Crippen LogP contribution in [0.3, 0.4) is 0 Å². The first-order valence-electron chi connectivity index (χ1n) is 6.45. The molecule has 19 heavy (non-hydrogen) atoms. The van der Waals surface area contributed by atoms with Crippen molar-refractivity contribution in [1.29, 1.82) is 0 Å². The van der Waals surface area contributed by atoms with Crippen molar-refractivity contribution in [3.8, 4) is 0 Å². The lowest BCUT2D eigenvalue weighted by Crippen LogP contribution is -2.39. The first-order valence-corrected chi connectivity index (χ1v) is 7.24. The number of benzene rings is 1. The molecule has 1 atom stereocenters.